The third kappa shape index (κ3) is 49.2. The highest BCUT2D eigenvalue weighted by Gasteiger charge is 2.47. The van der Waals surface area contributed by atoms with Crippen LogP contribution in [0.5, 0.6) is 0 Å². The number of aliphatic hydroxyl groups excluding tert-OH is 5. The van der Waals surface area contributed by atoms with Gasteiger partial charge < -0.3 is 45.1 Å². The lowest BCUT2D eigenvalue weighted by Crippen LogP contribution is -2.61. The molecule has 6 N–H and O–H groups in total. The minimum absolute atomic E-state index is 0.120. The van der Waals surface area contributed by atoms with Crippen LogP contribution in [-0.2, 0) is 23.8 Å². The third-order valence-corrected chi connectivity index (χ3v) is 17.2. The second-order valence-corrected chi connectivity index (χ2v) is 25.3. The lowest BCUT2D eigenvalue weighted by molar-refractivity contribution is -0.305. The average Bonchev–Trinajstić information content (AvgIpc) is 2.65. The smallest absolute Gasteiger partial charge is 0.306 e. The van der Waals surface area contributed by atoms with Crippen LogP contribution in [-0.4, -0.2) is 99.6 Å². The van der Waals surface area contributed by atoms with Crippen LogP contribution in [0.25, 0.3) is 0 Å². The molecule has 1 amide bonds. The summed E-state index contributed by atoms with van der Waals surface area (Å²) in [6.07, 6.45) is 69.7. The second-order valence-electron chi connectivity index (χ2n) is 25.3. The zero-order chi connectivity index (χ0) is 62.4. The number of rotatable bonds is 63. The van der Waals surface area contributed by atoms with Gasteiger partial charge in [-0.25, -0.2) is 0 Å². The molecule has 0 aromatic heterocycles. The van der Waals surface area contributed by atoms with E-state index in [4.69, 9.17) is 14.2 Å². The fourth-order valence-electron chi connectivity index (χ4n) is 11.4. The Morgan fingerprint density at radius 1 is 0.453 bits per heavy atom. The van der Waals surface area contributed by atoms with Gasteiger partial charge in [0.15, 0.2) is 12.4 Å². The Hall–Kier alpha value is -2.64. The Labute approximate surface area is 528 Å². The summed E-state index contributed by atoms with van der Waals surface area (Å²) in [5.41, 5.74) is 0. The molecule has 502 valence electrons. The van der Waals surface area contributed by atoms with Crippen molar-refractivity contribution in [2.24, 2.45) is 0 Å². The largest absolute Gasteiger partial charge is 0.454 e. The summed E-state index contributed by atoms with van der Waals surface area (Å²) in [6, 6.07) is -1.02. The van der Waals surface area contributed by atoms with Crippen molar-refractivity contribution in [3.8, 4) is 0 Å². The molecule has 1 rings (SSSR count). The molecule has 0 aliphatic carbocycles. The van der Waals surface area contributed by atoms with E-state index in [1.807, 2.05) is 6.08 Å². The highest BCUT2D eigenvalue weighted by Crippen LogP contribution is 2.26. The Kier molecular flexibility index (Phi) is 59.2. The standard InChI is InChI=1S/C75H137NO10/c1-4-7-10-13-16-19-22-25-27-29-31-32-33-34-35-36-37-38-39-41-43-45-48-51-54-57-60-63-70(80)86-73-72(82)71(81)69(64-77)85-75(73)84-65-66(67(78)61-58-55-52-49-46-24-21-18-15-12-9-6-3)76-74(83)68(79)62-59-56-53-50-47-44-42-40-30-28-26-23-20-17-14-11-8-5-2/h16,19,25,27,31-32,34-35,58,61,66-69,71-73,75,77-79,81-82H,4-15,17-18,20-24,26,28-30,33,36-57,59-60,62-65H2,1-3H3,(H,76,83)/b19-16-,27-25-,32-31-,35-34-,61-58+. The minimum atomic E-state index is -1.62. The molecule has 1 saturated heterocycles. The number of amides is 1. The first-order valence-corrected chi connectivity index (χ1v) is 36.6. The fraction of sp³-hybridized carbons (Fsp3) is 0.840. The molecule has 0 aromatic rings. The van der Waals surface area contributed by atoms with Gasteiger partial charge in [0.05, 0.1) is 25.4 Å². The van der Waals surface area contributed by atoms with Gasteiger partial charge in [0.2, 0.25) is 5.91 Å². The van der Waals surface area contributed by atoms with Gasteiger partial charge in [0.25, 0.3) is 0 Å². The monoisotopic (exact) mass is 1210 g/mol. The average molecular weight is 1210 g/mol. The van der Waals surface area contributed by atoms with Crippen molar-refractivity contribution in [1.82, 2.24) is 5.32 Å². The van der Waals surface area contributed by atoms with Crippen LogP contribution in [0.1, 0.15) is 342 Å². The molecule has 8 unspecified atom stereocenters. The fourth-order valence-corrected chi connectivity index (χ4v) is 11.4. The van der Waals surface area contributed by atoms with E-state index in [9.17, 15) is 35.1 Å². The summed E-state index contributed by atoms with van der Waals surface area (Å²) in [7, 11) is 0. The molecular weight excluding hydrogens is 1070 g/mol. The zero-order valence-electron chi connectivity index (χ0n) is 55.9. The Bertz CT molecular complexity index is 1630. The number of unbranched alkanes of at least 4 members (excludes halogenated alkanes) is 41. The molecule has 1 aliphatic heterocycles. The summed E-state index contributed by atoms with van der Waals surface area (Å²) in [5, 5.41) is 57.3. The first-order valence-electron chi connectivity index (χ1n) is 36.6. The van der Waals surface area contributed by atoms with Gasteiger partial charge in [-0.05, 0) is 70.6 Å². The van der Waals surface area contributed by atoms with Crippen LogP contribution in [0.3, 0.4) is 0 Å². The first kappa shape index (κ1) is 81.4. The maximum absolute atomic E-state index is 13.5. The van der Waals surface area contributed by atoms with Crippen molar-refractivity contribution in [3.05, 3.63) is 60.8 Å². The summed E-state index contributed by atoms with van der Waals surface area (Å²) in [5.74, 6) is -1.18. The predicted molar refractivity (Wildman–Crippen MR) is 361 cm³/mol. The second kappa shape index (κ2) is 62.5. The number of aliphatic hydroxyl groups is 5. The molecule has 1 aliphatic rings. The zero-order valence-corrected chi connectivity index (χ0v) is 55.9. The molecule has 0 radical (unpaired) electrons. The van der Waals surface area contributed by atoms with Crippen molar-refractivity contribution < 1.29 is 49.3 Å². The lowest BCUT2D eigenvalue weighted by Gasteiger charge is -2.41. The molecule has 11 nitrogen and oxygen atoms in total. The maximum Gasteiger partial charge on any atom is 0.306 e. The van der Waals surface area contributed by atoms with E-state index in [0.717, 1.165) is 83.5 Å². The van der Waals surface area contributed by atoms with Crippen LogP contribution >= 0.6 is 0 Å². The lowest BCUT2D eigenvalue weighted by atomic mass is 9.99. The van der Waals surface area contributed by atoms with Gasteiger partial charge in [0, 0.05) is 6.42 Å². The van der Waals surface area contributed by atoms with Crippen molar-refractivity contribution >= 4 is 11.9 Å². The number of hydrogen-bond donors (Lipinski definition) is 6. The van der Waals surface area contributed by atoms with Crippen LogP contribution in [0.15, 0.2) is 60.8 Å². The number of hydrogen-bond acceptors (Lipinski definition) is 10. The minimum Gasteiger partial charge on any atom is -0.454 e. The van der Waals surface area contributed by atoms with Crippen molar-refractivity contribution in [1.29, 1.82) is 0 Å². The highest BCUT2D eigenvalue weighted by molar-refractivity contribution is 5.80. The third-order valence-electron chi connectivity index (χ3n) is 17.2. The Morgan fingerprint density at radius 2 is 0.802 bits per heavy atom. The molecule has 0 saturated carbocycles. The van der Waals surface area contributed by atoms with Crippen molar-refractivity contribution in [3.63, 3.8) is 0 Å². The van der Waals surface area contributed by atoms with Crippen molar-refractivity contribution in [2.45, 2.75) is 391 Å². The van der Waals surface area contributed by atoms with Crippen LogP contribution in [0.4, 0.5) is 0 Å². The summed E-state index contributed by atoms with van der Waals surface area (Å²) >= 11 is 0. The van der Waals surface area contributed by atoms with E-state index < -0.39 is 67.4 Å². The molecule has 0 bridgehead atoms. The van der Waals surface area contributed by atoms with E-state index in [1.165, 1.54) is 212 Å². The predicted octanol–water partition coefficient (Wildman–Crippen LogP) is 18.9. The van der Waals surface area contributed by atoms with Crippen LogP contribution < -0.4 is 5.32 Å². The summed E-state index contributed by atoms with van der Waals surface area (Å²) < 4.78 is 17.7. The van der Waals surface area contributed by atoms with E-state index in [2.05, 4.69) is 74.7 Å². The highest BCUT2D eigenvalue weighted by atomic mass is 16.7. The summed E-state index contributed by atoms with van der Waals surface area (Å²) in [6.45, 7) is 5.81. The molecule has 1 heterocycles. The quantitative estimate of drug-likeness (QED) is 0.0195. The number of allylic oxidation sites excluding steroid dienone is 9. The molecule has 8 atom stereocenters. The normalized spacial score (nSPS) is 18.6. The summed E-state index contributed by atoms with van der Waals surface area (Å²) in [4.78, 5) is 26.7. The number of nitrogens with one attached hydrogen (secondary N) is 1. The molecule has 0 spiro atoms. The van der Waals surface area contributed by atoms with Gasteiger partial charge >= 0.3 is 5.97 Å². The van der Waals surface area contributed by atoms with Gasteiger partial charge in [-0.15, -0.1) is 0 Å². The molecule has 86 heavy (non-hydrogen) atoms. The SMILES string of the molecule is CCCCC/C=C\C/C=C\C/C=C\C/C=C\CCCCCCCCCCCCCC(=O)OC1C(OCC(NC(=O)C(O)CCCCCCCCCCCCCCCCCCCC)C(O)/C=C/CCCCCCCCCCCC)OC(CO)C(O)C1O. The van der Waals surface area contributed by atoms with Gasteiger partial charge in [-0.1, -0.05) is 326 Å². The topological polar surface area (TPSA) is 175 Å². The van der Waals surface area contributed by atoms with E-state index in [0.29, 0.717) is 19.3 Å². The van der Waals surface area contributed by atoms with Crippen LogP contribution in [0.2, 0.25) is 0 Å². The van der Waals surface area contributed by atoms with E-state index in [1.54, 1.807) is 6.08 Å². The molecule has 0 aromatic carbocycles. The van der Waals surface area contributed by atoms with E-state index in [-0.39, 0.29) is 13.0 Å². The maximum atomic E-state index is 13.5. The van der Waals surface area contributed by atoms with Gasteiger partial charge in [0.1, 0.15) is 24.4 Å². The van der Waals surface area contributed by atoms with Crippen LogP contribution in [0, 0.1) is 0 Å². The van der Waals surface area contributed by atoms with Gasteiger partial charge in [-0.3, -0.25) is 9.59 Å². The van der Waals surface area contributed by atoms with Crippen molar-refractivity contribution in [2.75, 3.05) is 13.2 Å². The number of ether oxygens (including phenoxy) is 3. The Balaban J connectivity index is 2.54. The molecule has 11 heteroatoms. The number of esters is 1. The molecule has 1 fully saturated rings. The Morgan fingerprint density at radius 3 is 1.22 bits per heavy atom. The van der Waals surface area contributed by atoms with E-state index >= 15 is 0 Å². The molecular formula is C75H137NO10. The van der Waals surface area contributed by atoms with Gasteiger partial charge in [-0.2, -0.15) is 0 Å². The number of carbonyl (C=O) groups is 2. The number of carbonyl (C=O) groups excluding carboxylic acids is 2. The first-order chi connectivity index (χ1) is 42.2.